The van der Waals surface area contributed by atoms with Crippen LogP contribution in [0.3, 0.4) is 0 Å². The van der Waals surface area contributed by atoms with E-state index in [9.17, 15) is 13.2 Å². The SMILES string of the molecule is CCCNCc1cnnn1-c1cc(F)c(F)cc1F. The van der Waals surface area contributed by atoms with Crippen molar-refractivity contribution in [2.24, 2.45) is 0 Å². The van der Waals surface area contributed by atoms with Crippen LogP contribution < -0.4 is 5.32 Å². The summed E-state index contributed by atoms with van der Waals surface area (Å²) in [5.74, 6) is -3.24. The zero-order valence-electron chi connectivity index (χ0n) is 10.3. The van der Waals surface area contributed by atoms with Gasteiger partial charge in [-0.15, -0.1) is 5.10 Å². The summed E-state index contributed by atoms with van der Waals surface area (Å²) in [5, 5.41) is 10.5. The number of nitrogens with zero attached hydrogens (tertiary/aromatic N) is 3. The van der Waals surface area contributed by atoms with Crippen LogP contribution in [0.15, 0.2) is 18.3 Å². The number of hydrogen-bond acceptors (Lipinski definition) is 3. The lowest BCUT2D eigenvalue weighted by molar-refractivity contribution is 0.489. The van der Waals surface area contributed by atoms with Crippen molar-refractivity contribution in [3.63, 3.8) is 0 Å². The van der Waals surface area contributed by atoms with Crippen molar-refractivity contribution in [3.05, 3.63) is 41.5 Å². The maximum Gasteiger partial charge on any atom is 0.161 e. The van der Waals surface area contributed by atoms with Gasteiger partial charge >= 0.3 is 0 Å². The van der Waals surface area contributed by atoms with E-state index in [4.69, 9.17) is 0 Å². The second kappa shape index (κ2) is 5.83. The molecular formula is C12H13F3N4. The van der Waals surface area contributed by atoms with E-state index in [1.165, 1.54) is 6.20 Å². The topological polar surface area (TPSA) is 42.7 Å². The minimum absolute atomic E-state index is 0.162. The first-order chi connectivity index (χ1) is 9.13. The van der Waals surface area contributed by atoms with Gasteiger partial charge in [0.2, 0.25) is 0 Å². The molecule has 0 aliphatic rings. The van der Waals surface area contributed by atoms with E-state index in [2.05, 4.69) is 15.6 Å². The van der Waals surface area contributed by atoms with Crippen molar-refractivity contribution in [3.8, 4) is 5.69 Å². The Kier molecular flexibility index (Phi) is 4.16. The number of benzene rings is 1. The highest BCUT2D eigenvalue weighted by molar-refractivity contribution is 5.34. The molecule has 0 saturated heterocycles. The van der Waals surface area contributed by atoms with Crippen molar-refractivity contribution in [1.29, 1.82) is 0 Å². The third-order valence-corrected chi connectivity index (χ3v) is 2.57. The largest absolute Gasteiger partial charge is 0.311 e. The number of aromatic nitrogens is 3. The first-order valence-electron chi connectivity index (χ1n) is 5.88. The molecule has 2 rings (SSSR count). The highest BCUT2D eigenvalue weighted by atomic mass is 19.2. The third kappa shape index (κ3) is 2.93. The highest BCUT2D eigenvalue weighted by Crippen LogP contribution is 2.18. The molecule has 1 aromatic carbocycles. The molecule has 1 N–H and O–H groups in total. The molecule has 1 aromatic heterocycles. The summed E-state index contributed by atoms with van der Waals surface area (Å²) < 4.78 is 40.8. The monoisotopic (exact) mass is 270 g/mol. The van der Waals surface area contributed by atoms with E-state index in [0.29, 0.717) is 18.3 Å². The molecule has 19 heavy (non-hydrogen) atoms. The first-order valence-corrected chi connectivity index (χ1v) is 5.88. The van der Waals surface area contributed by atoms with Gasteiger partial charge in [-0.2, -0.15) is 0 Å². The average Bonchev–Trinajstić information content (AvgIpc) is 2.82. The van der Waals surface area contributed by atoms with Crippen molar-refractivity contribution in [1.82, 2.24) is 20.3 Å². The van der Waals surface area contributed by atoms with Gasteiger partial charge in [0.25, 0.3) is 0 Å². The van der Waals surface area contributed by atoms with Crippen LogP contribution in [-0.2, 0) is 6.54 Å². The second-order valence-electron chi connectivity index (χ2n) is 4.03. The van der Waals surface area contributed by atoms with E-state index in [1.807, 2.05) is 6.92 Å². The van der Waals surface area contributed by atoms with Crippen LogP contribution in [0.1, 0.15) is 19.0 Å². The quantitative estimate of drug-likeness (QED) is 0.669. The molecule has 0 amide bonds. The Morgan fingerprint density at radius 3 is 2.63 bits per heavy atom. The Morgan fingerprint density at radius 2 is 1.89 bits per heavy atom. The molecular weight excluding hydrogens is 257 g/mol. The number of halogens is 3. The Balaban J connectivity index is 2.32. The molecule has 0 aliphatic carbocycles. The van der Waals surface area contributed by atoms with Gasteiger partial charge in [-0.25, -0.2) is 17.9 Å². The summed E-state index contributed by atoms with van der Waals surface area (Å²) in [6, 6.07) is 1.26. The van der Waals surface area contributed by atoms with Crippen LogP contribution in [0.5, 0.6) is 0 Å². The minimum atomic E-state index is -1.23. The molecule has 0 aliphatic heterocycles. The van der Waals surface area contributed by atoms with Crippen molar-refractivity contribution in [2.75, 3.05) is 6.54 Å². The van der Waals surface area contributed by atoms with Gasteiger partial charge in [0, 0.05) is 18.7 Å². The number of hydrogen-bond donors (Lipinski definition) is 1. The normalized spacial score (nSPS) is 10.9. The molecule has 0 bridgehead atoms. The molecule has 102 valence electrons. The molecule has 0 saturated carbocycles. The lowest BCUT2D eigenvalue weighted by Crippen LogP contribution is -2.17. The number of nitrogens with one attached hydrogen (secondary N) is 1. The molecule has 1 heterocycles. The lowest BCUT2D eigenvalue weighted by atomic mass is 10.2. The van der Waals surface area contributed by atoms with Crippen LogP contribution in [0.25, 0.3) is 5.69 Å². The summed E-state index contributed by atoms with van der Waals surface area (Å²) >= 11 is 0. The zero-order valence-corrected chi connectivity index (χ0v) is 10.3. The molecule has 0 radical (unpaired) electrons. The summed E-state index contributed by atoms with van der Waals surface area (Å²) in [6.07, 6.45) is 2.39. The maximum absolute atomic E-state index is 13.6. The van der Waals surface area contributed by atoms with Crippen molar-refractivity contribution in [2.45, 2.75) is 19.9 Å². The van der Waals surface area contributed by atoms with Gasteiger partial charge in [-0.1, -0.05) is 12.1 Å². The van der Waals surface area contributed by atoms with E-state index in [0.717, 1.165) is 23.7 Å². The highest BCUT2D eigenvalue weighted by Gasteiger charge is 2.14. The van der Waals surface area contributed by atoms with Crippen LogP contribution in [0.2, 0.25) is 0 Å². The Morgan fingerprint density at radius 1 is 1.16 bits per heavy atom. The second-order valence-corrected chi connectivity index (χ2v) is 4.03. The third-order valence-electron chi connectivity index (χ3n) is 2.57. The molecule has 2 aromatic rings. The average molecular weight is 270 g/mol. The Bertz CT molecular complexity index is 568. The van der Waals surface area contributed by atoms with Gasteiger partial charge in [0.05, 0.1) is 11.9 Å². The van der Waals surface area contributed by atoms with E-state index in [-0.39, 0.29) is 5.69 Å². The van der Waals surface area contributed by atoms with Gasteiger partial charge in [0.15, 0.2) is 17.5 Å². The fraction of sp³-hybridized carbons (Fsp3) is 0.333. The summed E-state index contributed by atoms with van der Waals surface area (Å²) in [4.78, 5) is 0. The molecule has 4 nitrogen and oxygen atoms in total. The predicted molar refractivity (Wildman–Crippen MR) is 63.2 cm³/mol. The predicted octanol–water partition coefficient (Wildman–Crippen LogP) is 2.18. The van der Waals surface area contributed by atoms with Crippen LogP contribution in [0, 0.1) is 17.5 Å². The van der Waals surface area contributed by atoms with Gasteiger partial charge in [-0.05, 0) is 13.0 Å². The smallest absolute Gasteiger partial charge is 0.161 e. The van der Waals surface area contributed by atoms with Crippen LogP contribution in [0.4, 0.5) is 13.2 Å². The van der Waals surface area contributed by atoms with E-state index in [1.54, 1.807) is 0 Å². The molecule has 0 fully saturated rings. The standard InChI is InChI=1S/C12H13F3N4/c1-2-3-16-6-8-7-17-18-19(8)12-5-10(14)9(13)4-11(12)15/h4-5,7,16H,2-3,6H2,1H3. The summed E-state index contributed by atoms with van der Waals surface area (Å²) in [7, 11) is 0. The summed E-state index contributed by atoms with van der Waals surface area (Å²) in [6.45, 7) is 3.21. The van der Waals surface area contributed by atoms with E-state index >= 15 is 0 Å². The van der Waals surface area contributed by atoms with Crippen molar-refractivity contribution >= 4 is 0 Å². The number of rotatable bonds is 5. The van der Waals surface area contributed by atoms with E-state index < -0.39 is 17.5 Å². The fourth-order valence-electron chi connectivity index (χ4n) is 1.65. The fourth-order valence-corrected chi connectivity index (χ4v) is 1.65. The molecule has 0 spiro atoms. The molecule has 0 atom stereocenters. The van der Waals surface area contributed by atoms with Crippen molar-refractivity contribution < 1.29 is 13.2 Å². The Hall–Kier alpha value is -1.89. The molecule has 7 heteroatoms. The maximum atomic E-state index is 13.6. The molecule has 0 unspecified atom stereocenters. The van der Waals surface area contributed by atoms with Gasteiger partial charge in [0.1, 0.15) is 5.69 Å². The summed E-state index contributed by atoms with van der Waals surface area (Å²) in [5.41, 5.74) is 0.406. The van der Waals surface area contributed by atoms with Crippen LogP contribution >= 0.6 is 0 Å². The van der Waals surface area contributed by atoms with Crippen LogP contribution in [-0.4, -0.2) is 21.5 Å². The van der Waals surface area contributed by atoms with Gasteiger partial charge < -0.3 is 5.32 Å². The first kappa shape index (κ1) is 13.5. The minimum Gasteiger partial charge on any atom is -0.311 e. The lowest BCUT2D eigenvalue weighted by Gasteiger charge is -2.08. The Labute approximate surface area is 108 Å². The van der Waals surface area contributed by atoms with Gasteiger partial charge in [-0.3, -0.25) is 0 Å². The zero-order chi connectivity index (χ0) is 13.8.